The number of nitro benzene ring substituents is 1. The molecule has 0 fully saturated rings. The first-order chi connectivity index (χ1) is 15.2. The number of hydrogen-bond acceptors (Lipinski definition) is 10. The number of hydrogen-bond donors (Lipinski definition) is 3. The lowest BCUT2D eigenvalue weighted by Gasteiger charge is -2.14. The molecule has 0 unspecified atom stereocenters. The number of nitrogens with zero attached hydrogens (tertiary/aromatic N) is 5. The van der Waals surface area contributed by atoms with Crippen molar-refractivity contribution in [3.63, 3.8) is 0 Å². The van der Waals surface area contributed by atoms with Gasteiger partial charge in [-0.25, -0.2) is 0 Å². The first-order valence-electron chi connectivity index (χ1n) is 8.87. The van der Waals surface area contributed by atoms with E-state index >= 15 is 0 Å². The van der Waals surface area contributed by atoms with Crippen LogP contribution in [-0.2, 0) is 4.79 Å². The van der Waals surface area contributed by atoms with Crippen molar-refractivity contribution in [3.05, 3.63) is 63.3 Å². The number of aromatic hydroxyl groups is 2. The quantitative estimate of drug-likeness (QED) is 0.134. The molecule has 0 aliphatic carbocycles. The number of rotatable bonds is 5. The Bertz CT molecular complexity index is 1290. The number of benzene rings is 1. The second-order valence-corrected chi connectivity index (χ2v) is 6.50. The van der Waals surface area contributed by atoms with E-state index in [1.165, 1.54) is 7.05 Å². The summed E-state index contributed by atoms with van der Waals surface area (Å²) in [7, 11) is 1.28. The average molecular weight is 437 g/mol. The van der Waals surface area contributed by atoms with Gasteiger partial charge in [0.05, 0.1) is 10.6 Å². The van der Waals surface area contributed by atoms with E-state index in [2.05, 4.69) is 10.1 Å². The molecule has 32 heavy (non-hydrogen) atoms. The highest BCUT2D eigenvalue weighted by Crippen LogP contribution is 2.38. The van der Waals surface area contributed by atoms with E-state index in [4.69, 9.17) is 4.52 Å². The molecule has 12 nitrogen and oxygen atoms in total. The Morgan fingerprint density at radius 2 is 2.03 bits per heavy atom. The maximum absolute atomic E-state index is 12.9. The molecular weight excluding hydrogens is 422 g/mol. The Hall–Kier alpha value is -4.92. The Labute approximate surface area is 180 Å². The summed E-state index contributed by atoms with van der Waals surface area (Å²) < 4.78 is 5.24. The minimum atomic E-state index is -1.02. The molecule has 0 aliphatic rings. The number of likely N-dealkylation sites (N-methyl/N-ethyl adjacent to an activating group) is 1. The van der Waals surface area contributed by atoms with Crippen molar-refractivity contribution in [2.75, 3.05) is 11.9 Å². The number of phenolic OH excluding ortho intramolecular Hbond substituents is 2. The van der Waals surface area contributed by atoms with Gasteiger partial charge < -0.3 is 19.8 Å². The summed E-state index contributed by atoms with van der Waals surface area (Å²) in [6.45, 7) is 1.62. The first-order valence-corrected chi connectivity index (χ1v) is 8.87. The lowest BCUT2D eigenvalue weighted by molar-refractivity contribution is -0.386. The van der Waals surface area contributed by atoms with Crippen LogP contribution in [0.25, 0.3) is 17.1 Å². The molecule has 3 rings (SSSR count). The van der Waals surface area contributed by atoms with Crippen LogP contribution in [0, 0.1) is 28.4 Å². The molecule has 0 bridgehead atoms. The van der Waals surface area contributed by atoms with Gasteiger partial charge in [-0.05, 0) is 25.1 Å². The molecule has 1 aromatic carbocycles. The maximum atomic E-state index is 12.9. The SMILES string of the molecule is Cc1c(-c2ccccn2)noc1N(C)C(=O)/C(C#N)=C(\O)c1cc(O)c(O)c([N+](=O)[O-])c1. The van der Waals surface area contributed by atoms with Crippen molar-refractivity contribution in [1.82, 2.24) is 10.1 Å². The van der Waals surface area contributed by atoms with Crippen LogP contribution in [0.3, 0.4) is 0 Å². The smallest absolute Gasteiger partial charge is 0.315 e. The van der Waals surface area contributed by atoms with Crippen LogP contribution in [0.5, 0.6) is 11.5 Å². The molecule has 0 radical (unpaired) electrons. The number of anilines is 1. The van der Waals surface area contributed by atoms with Gasteiger partial charge in [-0.15, -0.1) is 0 Å². The Morgan fingerprint density at radius 3 is 2.62 bits per heavy atom. The van der Waals surface area contributed by atoms with Crippen LogP contribution in [0.4, 0.5) is 11.6 Å². The monoisotopic (exact) mass is 437 g/mol. The van der Waals surface area contributed by atoms with Gasteiger partial charge in [0.25, 0.3) is 5.91 Å². The molecule has 1 amide bonds. The number of carbonyl (C=O) groups excluding carboxylic acids is 1. The molecule has 0 saturated carbocycles. The summed E-state index contributed by atoms with van der Waals surface area (Å²) in [5.41, 5.74) is -0.835. The van der Waals surface area contributed by atoms with Crippen molar-refractivity contribution in [2.24, 2.45) is 0 Å². The van der Waals surface area contributed by atoms with Gasteiger partial charge in [-0.2, -0.15) is 5.26 Å². The van der Waals surface area contributed by atoms with Crippen molar-refractivity contribution >= 4 is 23.2 Å². The van der Waals surface area contributed by atoms with Crippen molar-refractivity contribution in [3.8, 4) is 29.0 Å². The molecule has 3 N–H and O–H groups in total. The van der Waals surface area contributed by atoms with Crippen LogP contribution in [-0.4, -0.2) is 43.3 Å². The van der Waals surface area contributed by atoms with Gasteiger partial charge in [0.1, 0.15) is 17.5 Å². The largest absolute Gasteiger partial charge is 0.506 e. The van der Waals surface area contributed by atoms with E-state index in [-0.39, 0.29) is 5.88 Å². The number of nitriles is 1. The molecular formula is C20H15N5O7. The normalized spacial score (nSPS) is 11.4. The van der Waals surface area contributed by atoms with Crippen LogP contribution >= 0.6 is 0 Å². The highest BCUT2D eigenvalue weighted by molar-refractivity contribution is 6.12. The zero-order valence-electron chi connectivity index (χ0n) is 16.7. The summed E-state index contributed by atoms with van der Waals surface area (Å²) in [6.07, 6.45) is 1.55. The van der Waals surface area contributed by atoms with Crippen LogP contribution < -0.4 is 4.90 Å². The number of phenols is 2. The topological polar surface area (TPSA) is 187 Å². The molecule has 2 heterocycles. The number of amides is 1. The van der Waals surface area contributed by atoms with E-state index in [0.29, 0.717) is 23.0 Å². The highest BCUT2D eigenvalue weighted by atomic mass is 16.6. The number of aliphatic hydroxyl groups excluding tert-OH is 1. The number of nitro groups is 1. The Kier molecular flexibility index (Phi) is 5.75. The van der Waals surface area contributed by atoms with Crippen molar-refractivity contribution in [2.45, 2.75) is 6.92 Å². The third-order valence-electron chi connectivity index (χ3n) is 4.52. The van der Waals surface area contributed by atoms with Crippen molar-refractivity contribution in [1.29, 1.82) is 5.26 Å². The van der Waals surface area contributed by atoms with E-state index < -0.39 is 44.9 Å². The third kappa shape index (κ3) is 3.77. The first kappa shape index (κ1) is 21.8. The summed E-state index contributed by atoms with van der Waals surface area (Å²) in [5.74, 6) is -3.90. The number of aliphatic hydroxyl groups is 1. The minimum absolute atomic E-state index is 0.0178. The van der Waals surface area contributed by atoms with Gasteiger partial charge >= 0.3 is 5.69 Å². The molecule has 162 valence electrons. The second-order valence-electron chi connectivity index (χ2n) is 6.50. The fraction of sp³-hybridized carbons (Fsp3) is 0.100. The van der Waals surface area contributed by atoms with Gasteiger partial charge in [0, 0.05) is 30.4 Å². The van der Waals surface area contributed by atoms with Gasteiger partial charge in [0.2, 0.25) is 11.6 Å². The number of carbonyl (C=O) groups is 1. The van der Waals surface area contributed by atoms with Crippen molar-refractivity contribution < 1.29 is 29.6 Å². The molecule has 0 spiro atoms. The maximum Gasteiger partial charge on any atom is 0.315 e. The number of aromatic nitrogens is 2. The highest BCUT2D eigenvalue weighted by Gasteiger charge is 2.28. The molecule has 0 aliphatic heterocycles. The molecule has 12 heteroatoms. The van der Waals surface area contributed by atoms with E-state index in [9.17, 15) is 35.5 Å². The fourth-order valence-corrected chi connectivity index (χ4v) is 2.87. The summed E-state index contributed by atoms with van der Waals surface area (Å²) in [4.78, 5) is 28.0. The zero-order chi connectivity index (χ0) is 23.6. The standard InChI is InChI=1S/C20H15N5O7/c1-10-16(13-5-3-4-6-22-13)23-32-20(10)24(2)19(29)12(9-21)17(27)11-7-14(25(30)31)18(28)15(26)8-11/h3-8,26-28H,1-2H3/b17-12-. The third-order valence-corrected chi connectivity index (χ3v) is 4.52. The molecule has 2 aromatic heterocycles. The average Bonchev–Trinajstić information content (AvgIpc) is 3.16. The number of pyridine rings is 1. The minimum Gasteiger partial charge on any atom is -0.506 e. The van der Waals surface area contributed by atoms with Crippen LogP contribution in [0.15, 0.2) is 46.6 Å². The zero-order valence-corrected chi connectivity index (χ0v) is 16.7. The van der Waals surface area contributed by atoms with E-state index in [0.717, 1.165) is 11.0 Å². The lowest BCUT2D eigenvalue weighted by atomic mass is 10.1. The van der Waals surface area contributed by atoms with Crippen LogP contribution in [0.1, 0.15) is 11.1 Å². The molecule has 0 saturated heterocycles. The van der Waals surface area contributed by atoms with Gasteiger partial charge in [0.15, 0.2) is 11.3 Å². The predicted molar refractivity (Wildman–Crippen MR) is 109 cm³/mol. The predicted octanol–water partition coefficient (Wildman–Crippen LogP) is 2.82. The molecule has 3 aromatic rings. The van der Waals surface area contributed by atoms with Gasteiger partial charge in [-0.1, -0.05) is 11.2 Å². The van der Waals surface area contributed by atoms with Gasteiger partial charge in [-0.3, -0.25) is 24.8 Å². The Morgan fingerprint density at radius 1 is 1.31 bits per heavy atom. The Balaban J connectivity index is 2.03. The summed E-state index contributed by atoms with van der Waals surface area (Å²) in [5, 5.41) is 54.2. The van der Waals surface area contributed by atoms with E-state index in [1.807, 2.05) is 0 Å². The van der Waals surface area contributed by atoms with E-state index in [1.54, 1.807) is 37.4 Å². The second kappa shape index (κ2) is 8.44. The lowest BCUT2D eigenvalue weighted by Crippen LogP contribution is -2.28. The fourth-order valence-electron chi connectivity index (χ4n) is 2.87. The van der Waals surface area contributed by atoms with Crippen LogP contribution in [0.2, 0.25) is 0 Å². The molecule has 0 atom stereocenters. The summed E-state index contributed by atoms with van der Waals surface area (Å²) in [6, 6.07) is 8.18. The summed E-state index contributed by atoms with van der Waals surface area (Å²) >= 11 is 0.